The Labute approximate surface area is 190 Å². The van der Waals surface area contributed by atoms with Crippen LogP contribution in [0.3, 0.4) is 0 Å². The third-order valence-corrected chi connectivity index (χ3v) is 6.22. The maximum absolute atomic E-state index is 10.6. The van der Waals surface area contributed by atoms with Gasteiger partial charge in [-0.15, -0.1) is 5.10 Å². The number of aromatic nitrogens is 3. The summed E-state index contributed by atoms with van der Waals surface area (Å²) >= 11 is 0. The van der Waals surface area contributed by atoms with Crippen LogP contribution in [-0.4, -0.2) is 68.5 Å². The van der Waals surface area contributed by atoms with E-state index in [-0.39, 0.29) is 6.61 Å². The van der Waals surface area contributed by atoms with Crippen LogP contribution in [0.15, 0.2) is 24.4 Å². The van der Waals surface area contributed by atoms with Crippen molar-refractivity contribution in [3.8, 4) is 5.75 Å². The van der Waals surface area contributed by atoms with Gasteiger partial charge in [0.15, 0.2) is 0 Å². The molecule has 0 bridgehead atoms. The van der Waals surface area contributed by atoms with Gasteiger partial charge in [0.1, 0.15) is 11.4 Å². The van der Waals surface area contributed by atoms with Crippen molar-refractivity contribution in [2.24, 2.45) is 5.92 Å². The summed E-state index contributed by atoms with van der Waals surface area (Å²) in [5.41, 5.74) is 3.60. The average Bonchev–Trinajstić information content (AvgIpc) is 3.26. The molecular weight excluding hydrogens is 441 g/mol. The van der Waals surface area contributed by atoms with Gasteiger partial charge in [-0.25, -0.2) is 4.79 Å². The van der Waals surface area contributed by atoms with Gasteiger partial charge in [-0.05, 0) is 74.4 Å². The van der Waals surface area contributed by atoms with Crippen molar-refractivity contribution >= 4 is 5.97 Å². The molecule has 0 radical (unpaired) electrons. The molecule has 2 aliphatic rings. The lowest BCUT2D eigenvalue weighted by molar-refractivity contribution is -0.192. The molecule has 4 rings (SSSR count). The van der Waals surface area contributed by atoms with Gasteiger partial charge in [0, 0.05) is 12.6 Å². The Morgan fingerprint density at radius 1 is 1.21 bits per heavy atom. The SMILES string of the molecule is COc1ccc2c(c1)CC(N1CCC(Cn3cc(CO)nn3)CC1)CC2.O=C(O)C(F)(F)F. The van der Waals surface area contributed by atoms with E-state index in [2.05, 4.69) is 33.4 Å². The summed E-state index contributed by atoms with van der Waals surface area (Å²) in [6, 6.07) is 7.19. The molecule has 1 aromatic heterocycles. The fraction of sp³-hybridized carbons (Fsp3) is 0.591. The smallest absolute Gasteiger partial charge is 0.490 e. The van der Waals surface area contributed by atoms with Crippen molar-refractivity contribution in [1.29, 1.82) is 0 Å². The minimum atomic E-state index is -5.08. The topological polar surface area (TPSA) is 101 Å². The fourth-order valence-electron chi connectivity index (χ4n) is 4.42. The molecule has 33 heavy (non-hydrogen) atoms. The number of nitrogens with zero attached hydrogens (tertiary/aromatic N) is 4. The van der Waals surface area contributed by atoms with E-state index in [0.717, 1.165) is 31.8 Å². The fourth-order valence-corrected chi connectivity index (χ4v) is 4.42. The first-order chi connectivity index (χ1) is 15.7. The van der Waals surface area contributed by atoms with Crippen molar-refractivity contribution in [3.63, 3.8) is 0 Å². The number of ether oxygens (including phenoxy) is 1. The molecule has 11 heteroatoms. The van der Waals surface area contributed by atoms with Crippen LogP contribution in [0.4, 0.5) is 13.2 Å². The van der Waals surface area contributed by atoms with Gasteiger partial charge in [0.2, 0.25) is 0 Å². The van der Waals surface area contributed by atoms with Crippen LogP contribution in [0.1, 0.15) is 36.1 Å². The van der Waals surface area contributed by atoms with Gasteiger partial charge in [-0.2, -0.15) is 13.2 Å². The molecule has 1 saturated heterocycles. The summed E-state index contributed by atoms with van der Waals surface area (Å²) < 4.78 is 39.0. The van der Waals surface area contributed by atoms with Crippen LogP contribution in [-0.2, 0) is 30.8 Å². The number of piperidine rings is 1. The molecule has 1 unspecified atom stereocenters. The second-order valence-corrected chi connectivity index (χ2v) is 8.40. The third-order valence-electron chi connectivity index (χ3n) is 6.22. The van der Waals surface area contributed by atoms with E-state index >= 15 is 0 Å². The molecule has 2 heterocycles. The minimum absolute atomic E-state index is 0.0353. The number of carboxylic acid groups (broad SMARTS) is 1. The summed E-state index contributed by atoms with van der Waals surface area (Å²) in [4.78, 5) is 11.6. The van der Waals surface area contributed by atoms with E-state index in [1.165, 1.54) is 36.8 Å². The van der Waals surface area contributed by atoms with Gasteiger partial charge >= 0.3 is 12.1 Å². The van der Waals surface area contributed by atoms with Gasteiger partial charge in [-0.3, -0.25) is 4.68 Å². The second-order valence-electron chi connectivity index (χ2n) is 8.40. The number of carboxylic acids is 1. The number of aliphatic hydroxyl groups is 1. The molecule has 1 aromatic carbocycles. The largest absolute Gasteiger partial charge is 0.497 e. The highest BCUT2D eigenvalue weighted by Crippen LogP contribution is 2.30. The summed E-state index contributed by atoms with van der Waals surface area (Å²) in [6.45, 7) is 3.20. The van der Waals surface area contributed by atoms with Crippen molar-refractivity contribution in [1.82, 2.24) is 19.9 Å². The van der Waals surface area contributed by atoms with Crippen LogP contribution >= 0.6 is 0 Å². The lowest BCUT2D eigenvalue weighted by atomic mass is 9.85. The molecule has 1 aliphatic heterocycles. The second kappa shape index (κ2) is 11.0. The zero-order chi connectivity index (χ0) is 24.0. The number of benzene rings is 1. The normalized spacial score (nSPS) is 19.4. The van der Waals surface area contributed by atoms with Crippen molar-refractivity contribution in [2.45, 2.75) is 57.5 Å². The first kappa shape index (κ1) is 25.0. The number of aliphatic hydroxyl groups excluding tert-OH is 1. The van der Waals surface area contributed by atoms with E-state index in [9.17, 15) is 13.2 Å². The number of aliphatic carboxylic acids is 1. The maximum atomic E-state index is 10.6. The van der Waals surface area contributed by atoms with E-state index in [4.69, 9.17) is 19.7 Å². The number of alkyl halides is 3. The molecule has 182 valence electrons. The average molecular weight is 470 g/mol. The van der Waals surface area contributed by atoms with Crippen LogP contribution in [0.2, 0.25) is 0 Å². The highest BCUT2D eigenvalue weighted by atomic mass is 19.4. The zero-order valence-electron chi connectivity index (χ0n) is 18.5. The number of hydrogen-bond donors (Lipinski definition) is 2. The lowest BCUT2D eigenvalue weighted by Crippen LogP contribution is -2.44. The van der Waals surface area contributed by atoms with E-state index in [1.54, 1.807) is 7.11 Å². The van der Waals surface area contributed by atoms with Gasteiger partial charge < -0.3 is 19.8 Å². The Kier molecular flexibility index (Phi) is 8.30. The number of halogens is 3. The minimum Gasteiger partial charge on any atom is -0.497 e. The molecule has 0 saturated carbocycles. The summed E-state index contributed by atoms with van der Waals surface area (Å²) in [6.07, 6.45) is 2.75. The quantitative estimate of drug-likeness (QED) is 0.693. The molecule has 2 aromatic rings. The highest BCUT2D eigenvalue weighted by Gasteiger charge is 2.38. The molecular formula is C22H29F3N4O4. The third kappa shape index (κ3) is 6.91. The number of rotatable bonds is 5. The Morgan fingerprint density at radius 2 is 1.91 bits per heavy atom. The highest BCUT2D eigenvalue weighted by molar-refractivity contribution is 5.73. The zero-order valence-corrected chi connectivity index (χ0v) is 18.5. The monoisotopic (exact) mass is 470 g/mol. The molecule has 2 N–H and O–H groups in total. The first-order valence-electron chi connectivity index (χ1n) is 10.9. The van der Waals surface area contributed by atoms with Crippen LogP contribution in [0, 0.1) is 5.92 Å². The predicted octanol–water partition coefficient (Wildman–Crippen LogP) is 2.68. The lowest BCUT2D eigenvalue weighted by Gasteiger charge is -2.39. The molecule has 8 nitrogen and oxygen atoms in total. The van der Waals surface area contributed by atoms with Crippen molar-refractivity contribution in [2.75, 3.05) is 20.2 Å². The molecule has 0 spiro atoms. The van der Waals surface area contributed by atoms with Gasteiger partial charge in [0.25, 0.3) is 0 Å². The Bertz CT molecular complexity index is 927. The maximum Gasteiger partial charge on any atom is 0.490 e. The molecule has 1 atom stereocenters. The van der Waals surface area contributed by atoms with E-state index in [0.29, 0.717) is 17.7 Å². The van der Waals surface area contributed by atoms with Crippen LogP contribution in [0.5, 0.6) is 5.75 Å². The Balaban J connectivity index is 0.000000383. The molecule has 0 amide bonds. The van der Waals surface area contributed by atoms with Gasteiger partial charge in [0.05, 0.1) is 19.9 Å². The summed E-state index contributed by atoms with van der Waals surface area (Å²) in [5, 5.41) is 24.3. The number of fused-ring (bicyclic) bond motifs is 1. The Morgan fingerprint density at radius 3 is 2.48 bits per heavy atom. The predicted molar refractivity (Wildman–Crippen MR) is 113 cm³/mol. The molecule has 1 aliphatic carbocycles. The standard InChI is InChI=1S/C20H28N4O2.C2HF3O2/c1-26-20-5-3-16-2-4-19(10-17(16)11-20)23-8-6-15(7-9-23)12-24-13-18(14-25)21-22-24;3-2(4,5)1(6)7/h3,5,11,13,15,19,25H,2,4,6-10,12,14H2,1H3;(H,6,7). The first-order valence-corrected chi connectivity index (χ1v) is 10.9. The number of hydrogen-bond acceptors (Lipinski definition) is 6. The van der Waals surface area contributed by atoms with Crippen molar-refractivity contribution < 1.29 is 32.9 Å². The summed E-state index contributed by atoms with van der Waals surface area (Å²) in [5.74, 6) is -1.14. The molecule has 1 fully saturated rings. The van der Waals surface area contributed by atoms with E-state index in [1.807, 2.05) is 10.9 Å². The number of methoxy groups -OCH3 is 1. The van der Waals surface area contributed by atoms with Gasteiger partial charge in [-0.1, -0.05) is 11.3 Å². The number of aryl methyl sites for hydroxylation is 1. The summed E-state index contributed by atoms with van der Waals surface area (Å²) in [7, 11) is 1.74. The number of likely N-dealkylation sites (tertiary alicyclic amines) is 1. The van der Waals surface area contributed by atoms with E-state index < -0.39 is 12.1 Å². The van der Waals surface area contributed by atoms with Crippen LogP contribution < -0.4 is 4.74 Å². The Hall–Kier alpha value is -2.66. The van der Waals surface area contributed by atoms with Crippen molar-refractivity contribution in [3.05, 3.63) is 41.2 Å². The van der Waals surface area contributed by atoms with Crippen LogP contribution in [0.25, 0.3) is 0 Å². The number of carbonyl (C=O) groups is 1.